The second-order valence-electron chi connectivity index (χ2n) is 2.98. The quantitative estimate of drug-likeness (QED) is 0.648. The van der Waals surface area contributed by atoms with Gasteiger partial charge in [0.15, 0.2) is 0 Å². The number of anilines is 1. The first-order valence-electron chi connectivity index (χ1n) is 4.03. The van der Waals surface area contributed by atoms with Crippen molar-refractivity contribution in [3.63, 3.8) is 0 Å². The molecule has 2 rings (SSSR count). The van der Waals surface area contributed by atoms with E-state index in [2.05, 4.69) is 11.9 Å². The first kappa shape index (κ1) is 7.86. The first-order chi connectivity index (χ1) is 6.20. The smallest absolute Gasteiger partial charge is 0.261 e. The van der Waals surface area contributed by atoms with Gasteiger partial charge in [0.2, 0.25) is 0 Å². The third-order valence-electron chi connectivity index (χ3n) is 2.15. The lowest BCUT2D eigenvalue weighted by molar-refractivity contribution is 0.0833. The number of nitrogens with zero attached hydrogens (tertiary/aromatic N) is 1. The van der Waals surface area contributed by atoms with Crippen molar-refractivity contribution in [2.75, 3.05) is 12.4 Å². The highest BCUT2D eigenvalue weighted by molar-refractivity contribution is 6.02. The minimum Gasteiger partial charge on any atom is -0.341 e. The van der Waals surface area contributed by atoms with Crippen molar-refractivity contribution in [1.82, 2.24) is 4.90 Å². The van der Waals surface area contributed by atoms with Gasteiger partial charge < -0.3 is 5.32 Å². The number of nitrogens with one attached hydrogen (secondary N) is 1. The van der Waals surface area contributed by atoms with Gasteiger partial charge in [0.25, 0.3) is 5.91 Å². The van der Waals surface area contributed by atoms with Gasteiger partial charge in [-0.05, 0) is 12.1 Å². The molecular formula is C10H10N2O. The summed E-state index contributed by atoms with van der Waals surface area (Å²) in [4.78, 5) is 13.2. The van der Waals surface area contributed by atoms with E-state index in [0.29, 0.717) is 11.4 Å². The number of amides is 1. The Bertz CT molecular complexity index is 384. The Morgan fingerprint density at radius 2 is 2.08 bits per heavy atom. The molecule has 0 saturated carbocycles. The average molecular weight is 174 g/mol. The number of benzene rings is 1. The van der Waals surface area contributed by atoms with Crippen LogP contribution in [0.15, 0.2) is 36.7 Å². The van der Waals surface area contributed by atoms with Crippen molar-refractivity contribution >= 4 is 11.6 Å². The number of fused-ring (bicyclic) bond motifs is 1. The summed E-state index contributed by atoms with van der Waals surface area (Å²) in [6.07, 6.45) is 0. The zero-order valence-corrected chi connectivity index (χ0v) is 7.37. The highest BCUT2D eigenvalue weighted by Crippen LogP contribution is 2.24. The summed E-state index contributed by atoms with van der Waals surface area (Å²) in [5, 5.41) is 3.05. The zero-order chi connectivity index (χ0) is 9.42. The van der Waals surface area contributed by atoms with Gasteiger partial charge in [-0.25, -0.2) is 0 Å². The van der Waals surface area contributed by atoms with Gasteiger partial charge in [0.1, 0.15) is 5.82 Å². The molecule has 66 valence electrons. The summed E-state index contributed by atoms with van der Waals surface area (Å²) >= 11 is 0. The van der Waals surface area contributed by atoms with E-state index < -0.39 is 0 Å². The van der Waals surface area contributed by atoms with E-state index in [1.54, 1.807) is 13.1 Å². The van der Waals surface area contributed by atoms with Crippen LogP contribution in [0.3, 0.4) is 0 Å². The third kappa shape index (κ3) is 1.09. The molecule has 0 spiro atoms. The summed E-state index contributed by atoms with van der Waals surface area (Å²) < 4.78 is 0. The molecule has 0 bridgehead atoms. The molecule has 0 atom stereocenters. The lowest BCUT2D eigenvalue weighted by atomic mass is 10.1. The Morgan fingerprint density at radius 3 is 2.85 bits per heavy atom. The van der Waals surface area contributed by atoms with Crippen molar-refractivity contribution in [1.29, 1.82) is 0 Å². The Kier molecular flexibility index (Phi) is 1.59. The fraction of sp³-hybridized carbons (Fsp3) is 0.100. The van der Waals surface area contributed by atoms with Gasteiger partial charge in [-0.3, -0.25) is 9.69 Å². The molecule has 1 N–H and O–H groups in total. The monoisotopic (exact) mass is 174 g/mol. The molecule has 13 heavy (non-hydrogen) atoms. The molecule has 0 unspecified atom stereocenters. The first-order valence-corrected chi connectivity index (χ1v) is 4.03. The maximum Gasteiger partial charge on any atom is 0.261 e. The molecule has 3 nitrogen and oxygen atoms in total. The van der Waals surface area contributed by atoms with Gasteiger partial charge in [0, 0.05) is 7.05 Å². The third-order valence-corrected chi connectivity index (χ3v) is 2.15. The molecule has 0 aliphatic carbocycles. The number of hydrogen-bond acceptors (Lipinski definition) is 2. The number of para-hydroxylation sites is 1. The topological polar surface area (TPSA) is 32.3 Å². The second kappa shape index (κ2) is 2.62. The van der Waals surface area contributed by atoms with Crippen LogP contribution in [0.25, 0.3) is 0 Å². The summed E-state index contributed by atoms with van der Waals surface area (Å²) in [7, 11) is 1.70. The summed E-state index contributed by atoms with van der Waals surface area (Å²) in [6.45, 7) is 3.74. The van der Waals surface area contributed by atoms with E-state index >= 15 is 0 Å². The van der Waals surface area contributed by atoms with Crippen LogP contribution >= 0.6 is 0 Å². The minimum absolute atomic E-state index is 0.0145. The van der Waals surface area contributed by atoms with E-state index in [1.165, 1.54) is 4.90 Å². The number of carbonyl (C=O) groups is 1. The van der Waals surface area contributed by atoms with E-state index in [4.69, 9.17) is 0 Å². The van der Waals surface area contributed by atoms with Crippen LogP contribution in [0.4, 0.5) is 5.69 Å². The summed E-state index contributed by atoms with van der Waals surface area (Å²) in [5.74, 6) is 0.600. The van der Waals surface area contributed by atoms with Crippen molar-refractivity contribution in [3.8, 4) is 0 Å². The van der Waals surface area contributed by atoms with Crippen LogP contribution < -0.4 is 5.32 Å². The Morgan fingerprint density at radius 1 is 1.38 bits per heavy atom. The van der Waals surface area contributed by atoms with Crippen molar-refractivity contribution in [3.05, 3.63) is 42.2 Å². The highest BCUT2D eigenvalue weighted by atomic mass is 16.2. The second-order valence-corrected chi connectivity index (χ2v) is 2.98. The predicted molar refractivity (Wildman–Crippen MR) is 51.3 cm³/mol. The summed E-state index contributed by atoms with van der Waals surface area (Å²) in [6, 6.07) is 7.40. The molecular weight excluding hydrogens is 164 g/mol. The highest BCUT2D eigenvalue weighted by Gasteiger charge is 2.22. The van der Waals surface area contributed by atoms with Crippen molar-refractivity contribution in [2.24, 2.45) is 0 Å². The van der Waals surface area contributed by atoms with E-state index in [-0.39, 0.29) is 5.91 Å². The van der Waals surface area contributed by atoms with Gasteiger partial charge in [-0.15, -0.1) is 0 Å². The largest absolute Gasteiger partial charge is 0.341 e. The van der Waals surface area contributed by atoms with Crippen LogP contribution in [-0.2, 0) is 0 Å². The standard InChI is InChI=1S/C10H10N2O/c1-7-11-9-6-4-3-5-8(9)10(13)12(7)2/h3-6,11H,1H2,2H3. The van der Waals surface area contributed by atoms with Gasteiger partial charge in [-0.1, -0.05) is 18.7 Å². The molecule has 1 heterocycles. The lowest BCUT2D eigenvalue weighted by Crippen LogP contribution is -2.34. The molecule has 3 heteroatoms. The minimum atomic E-state index is -0.0145. The van der Waals surface area contributed by atoms with Crippen LogP contribution in [0, 0.1) is 0 Å². The van der Waals surface area contributed by atoms with Crippen LogP contribution in [0.5, 0.6) is 0 Å². The number of carbonyl (C=O) groups excluding carboxylic acids is 1. The maximum absolute atomic E-state index is 11.7. The Balaban J connectivity index is 2.55. The Hall–Kier alpha value is -1.77. The summed E-state index contributed by atoms with van der Waals surface area (Å²) in [5.41, 5.74) is 1.52. The van der Waals surface area contributed by atoms with E-state index in [9.17, 15) is 4.79 Å². The molecule has 0 saturated heterocycles. The van der Waals surface area contributed by atoms with E-state index in [1.807, 2.05) is 18.2 Å². The average Bonchev–Trinajstić information content (AvgIpc) is 2.15. The molecule has 0 fully saturated rings. The predicted octanol–water partition coefficient (Wildman–Crippen LogP) is 1.66. The Labute approximate surface area is 76.7 Å². The van der Waals surface area contributed by atoms with Crippen LogP contribution in [0.1, 0.15) is 10.4 Å². The number of rotatable bonds is 0. The molecule has 1 aromatic rings. The fourth-order valence-electron chi connectivity index (χ4n) is 1.32. The molecule has 0 radical (unpaired) electrons. The van der Waals surface area contributed by atoms with Crippen molar-refractivity contribution < 1.29 is 4.79 Å². The maximum atomic E-state index is 11.7. The van der Waals surface area contributed by atoms with Gasteiger partial charge in [-0.2, -0.15) is 0 Å². The van der Waals surface area contributed by atoms with Crippen LogP contribution in [-0.4, -0.2) is 17.9 Å². The van der Waals surface area contributed by atoms with E-state index in [0.717, 1.165) is 5.69 Å². The molecule has 1 amide bonds. The lowest BCUT2D eigenvalue weighted by Gasteiger charge is -2.27. The zero-order valence-electron chi connectivity index (χ0n) is 7.37. The van der Waals surface area contributed by atoms with Gasteiger partial charge in [0.05, 0.1) is 11.3 Å². The molecule has 1 aliphatic rings. The molecule has 0 aromatic heterocycles. The normalized spacial score (nSPS) is 15.3. The molecule has 1 aromatic carbocycles. The SMILES string of the molecule is C=C1Nc2ccccc2C(=O)N1C. The van der Waals surface area contributed by atoms with Crippen LogP contribution in [0.2, 0.25) is 0 Å². The molecule has 1 aliphatic heterocycles. The van der Waals surface area contributed by atoms with Gasteiger partial charge >= 0.3 is 0 Å². The van der Waals surface area contributed by atoms with Crippen molar-refractivity contribution in [2.45, 2.75) is 0 Å². The number of hydrogen-bond donors (Lipinski definition) is 1. The fourth-order valence-corrected chi connectivity index (χ4v) is 1.32.